The highest BCUT2D eigenvalue weighted by Crippen LogP contribution is 2.29. The normalized spacial score (nSPS) is 27.0. The number of nitrogens with one attached hydrogen (secondary N) is 1. The molecule has 1 saturated carbocycles. The molecule has 2 fully saturated rings. The minimum Gasteiger partial charge on any atom is -0.353 e. The largest absolute Gasteiger partial charge is 0.353 e. The van der Waals surface area contributed by atoms with Crippen molar-refractivity contribution in [3.05, 3.63) is 17.8 Å². The first kappa shape index (κ1) is 18.6. The van der Waals surface area contributed by atoms with Crippen LogP contribution in [0.15, 0.2) is 17.8 Å². The average molecular weight is 388 g/mol. The van der Waals surface area contributed by atoms with Gasteiger partial charge in [-0.3, -0.25) is 9.69 Å². The van der Waals surface area contributed by atoms with Gasteiger partial charge in [-0.15, -0.1) is 11.3 Å². The third-order valence-corrected chi connectivity index (χ3v) is 7.15. The van der Waals surface area contributed by atoms with E-state index < -0.39 is 0 Å². The van der Waals surface area contributed by atoms with E-state index >= 15 is 0 Å². The van der Waals surface area contributed by atoms with Gasteiger partial charge in [0.25, 0.3) is 0 Å². The summed E-state index contributed by atoms with van der Waals surface area (Å²) in [5, 5.41) is 6.50. The molecule has 0 bridgehead atoms. The molecule has 0 unspecified atom stereocenters. The predicted octanol–water partition coefficient (Wildman–Crippen LogP) is 2.75. The van der Waals surface area contributed by atoms with Crippen LogP contribution in [0.25, 0.3) is 10.2 Å². The predicted molar refractivity (Wildman–Crippen MR) is 110 cm³/mol. The maximum Gasteiger partial charge on any atom is 0.234 e. The summed E-state index contributed by atoms with van der Waals surface area (Å²) in [6, 6.07) is 2.44. The molecule has 3 heterocycles. The molecule has 27 heavy (non-hydrogen) atoms. The molecular weight excluding hydrogens is 358 g/mol. The van der Waals surface area contributed by atoms with Crippen molar-refractivity contribution in [1.82, 2.24) is 20.2 Å². The van der Waals surface area contributed by atoms with E-state index in [0.717, 1.165) is 48.6 Å². The molecule has 7 heteroatoms. The van der Waals surface area contributed by atoms with Crippen molar-refractivity contribution in [2.24, 2.45) is 11.8 Å². The van der Waals surface area contributed by atoms with Crippen molar-refractivity contribution in [2.75, 3.05) is 37.6 Å². The summed E-state index contributed by atoms with van der Waals surface area (Å²) >= 11 is 1.65. The Hall–Kier alpha value is -1.73. The standard InChI is InChI=1S/C20H29N5OS/c1-14-4-3-5-17(15(14)2)23-18(26)12-24-7-9-25(10-8-24)19-16-6-11-27-20(16)22-13-21-19/h6,11,13-15,17H,3-5,7-10,12H2,1-2H3,(H,23,26)/t14-,15+,17+/m1/s1. The summed E-state index contributed by atoms with van der Waals surface area (Å²) in [7, 11) is 0. The minimum atomic E-state index is 0.177. The fourth-order valence-corrected chi connectivity index (χ4v) is 5.12. The molecule has 0 aromatic carbocycles. The van der Waals surface area contributed by atoms with Crippen molar-refractivity contribution in [3.8, 4) is 0 Å². The third kappa shape index (κ3) is 4.09. The number of carbonyl (C=O) groups excluding carboxylic acids is 1. The molecule has 1 amide bonds. The molecule has 0 radical (unpaired) electrons. The van der Waals surface area contributed by atoms with Crippen molar-refractivity contribution in [3.63, 3.8) is 0 Å². The Morgan fingerprint density at radius 1 is 1.22 bits per heavy atom. The van der Waals surface area contributed by atoms with Crippen LogP contribution in [0, 0.1) is 11.8 Å². The van der Waals surface area contributed by atoms with E-state index in [1.54, 1.807) is 17.7 Å². The van der Waals surface area contributed by atoms with Gasteiger partial charge in [-0.2, -0.15) is 0 Å². The van der Waals surface area contributed by atoms with Crippen LogP contribution >= 0.6 is 11.3 Å². The van der Waals surface area contributed by atoms with Crippen molar-refractivity contribution in [1.29, 1.82) is 0 Å². The molecule has 2 aliphatic rings. The second-order valence-electron chi connectivity index (χ2n) is 8.04. The first-order chi connectivity index (χ1) is 13.1. The Morgan fingerprint density at radius 3 is 2.85 bits per heavy atom. The molecular formula is C20H29N5OS. The Balaban J connectivity index is 1.29. The topological polar surface area (TPSA) is 61.4 Å². The van der Waals surface area contributed by atoms with Gasteiger partial charge in [-0.1, -0.05) is 26.7 Å². The number of piperazine rings is 1. The van der Waals surface area contributed by atoms with Crippen molar-refractivity contribution in [2.45, 2.75) is 39.2 Å². The Bertz CT molecular complexity index is 786. The van der Waals surface area contributed by atoms with Crippen LogP contribution in [0.2, 0.25) is 0 Å². The lowest BCUT2D eigenvalue weighted by atomic mass is 9.78. The highest BCUT2D eigenvalue weighted by atomic mass is 32.1. The third-order valence-electron chi connectivity index (χ3n) is 6.33. The minimum absolute atomic E-state index is 0.177. The van der Waals surface area contributed by atoms with E-state index in [-0.39, 0.29) is 5.91 Å². The summed E-state index contributed by atoms with van der Waals surface area (Å²) in [4.78, 5) is 27.0. The second kappa shape index (κ2) is 8.10. The molecule has 1 aliphatic carbocycles. The first-order valence-electron chi connectivity index (χ1n) is 10.1. The van der Waals surface area contributed by atoms with Crippen molar-refractivity contribution < 1.29 is 4.79 Å². The average Bonchev–Trinajstić information content (AvgIpc) is 3.15. The number of carbonyl (C=O) groups is 1. The van der Waals surface area contributed by atoms with Crippen LogP contribution in [0.5, 0.6) is 0 Å². The Morgan fingerprint density at radius 2 is 2.04 bits per heavy atom. The summed E-state index contributed by atoms with van der Waals surface area (Å²) in [6.07, 6.45) is 5.29. The highest BCUT2D eigenvalue weighted by Gasteiger charge is 2.29. The van der Waals surface area contributed by atoms with Crippen LogP contribution in [0.3, 0.4) is 0 Å². The number of rotatable bonds is 4. The zero-order valence-corrected chi connectivity index (χ0v) is 17.0. The maximum atomic E-state index is 12.5. The number of amides is 1. The highest BCUT2D eigenvalue weighted by molar-refractivity contribution is 7.16. The number of anilines is 1. The van der Waals surface area contributed by atoms with Gasteiger partial charge in [-0.25, -0.2) is 9.97 Å². The number of aromatic nitrogens is 2. The van der Waals surface area contributed by atoms with Gasteiger partial charge in [-0.05, 0) is 29.7 Å². The summed E-state index contributed by atoms with van der Waals surface area (Å²) in [5.74, 6) is 2.48. The molecule has 0 spiro atoms. The van der Waals surface area contributed by atoms with Gasteiger partial charge in [0.05, 0.1) is 11.9 Å². The van der Waals surface area contributed by atoms with Gasteiger partial charge >= 0.3 is 0 Å². The van der Waals surface area contributed by atoms with E-state index in [0.29, 0.717) is 24.4 Å². The molecule has 1 saturated heterocycles. The van der Waals surface area contributed by atoms with Gasteiger partial charge in [0.1, 0.15) is 17.0 Å². The zero-order chi connectivity index (χ0) is 18.8. The molecule has 2 aromatic rings. The molecule has 1 N–H and O–H groups in total. The quantitative estimate of drug-likeness (QED) is 0.874. The molecule has 4 rings (SSSR count). The summed E-state index contributed by atoms with van der Waals surface area (Å²) in [5.41, 5.74) is 0. The van der Waals surface area contributed by atoms with Crippen LogP contribution in [-0.2, 0) is 4.79 Å². The SMILES string of the molecule is C[C@H]1[C@H](C)CCC[C@@H]1NC(=O)CN1CCN(c2ncnc3sccc23)CC1. The fourth-order valence-electron chi connectivity index (χ4n) is 4.39. The van der Waals surface area contributed by atoms with E-state index in [1.807, 2.05) is 0 Å². The van der Waals surface area contributed by atoms with Gasteiger partial charge in [0.15, 0.2) is 0 Å². The molecule has 2 aromatic heterocycles. The molecule has 6 nitrogen and oxygen atoms in total. The number of fused-ring (bicyclic) bond motifs is 1. The Kier molecular flexibility index (Phi) is 5.59. The maximum absolute atomic E-state index is 12.5. The molecule has 146 valence electrons. The van der Waals surface area contributed by atoms with Crippen LogP contribution in [-0.4, -0.2) is 59.5 Å². The van der Waals surface area contributed by atoms with E-state index in [2.05, 4.69) is 50.4 Å². The van der Waals surface area contributed by atoms with E-state index in [1.165, 1.54) is 12.8 Å². The first-order valence-corrected chi connectivity index (χ1v) is 10.9. The summed E-state index contributed by atoms with van der Waals surface area (Å²) in [6.45, 7) is 8.65. The number of thiophene rings is 1. The lowest BCUT2D eigenvalue weighted by Crippen LogP contribution is -2.52. The number of hydrogen-bond donors (Lipinski definition) is 1. The smallest absolute Gasteiger partial charge is 0.234 e. The van der Waals surface area contributed by atoms with Crippen LogP contribution in [0.4, 0.5) is 5.82 Å². The fraction of sp³-hybridized carbons (Fsp3) is 0.650. The van der Waals surface area contributed by atoms with Gasteiger partial charge in [0, 0.05) is 32.2 Å². The monoisotopic (exact) mass is 387 g/mol. The summed E-state index contributed by atoms with van der Waals surface area (Å²) < 4.78 is 0. The van der Waals surface area contributed by atoms with Crippen LogP contribution in [0.1, 0.15) is 33.1 Å². The second-order valence-corrected chi connectivity index (χ2v) is 8.94. The lowest BCUT2D eigenvalue weighted by molar-refractivity contribution is -0.123. The van der Waals surface area contributed by atoms with Crippen molar-refractivity contribution >= 4 is 33.3 Å². The molecule has 1 aliphatic heterocycles. The zero-order valence-electron chi connectivity index (χ0n) is 16.2. The van der Waals surface area contributed by atoms with E-state index in [9.17, 15) is 4.79 Å². The van der Waals surface area contributed by atoms with E-state index in [4.69, 9.17) is 0 Å². The molecule has 3 atom stereocenters. The van der Waals surface area contributed by atoms with Gasteiger partial charge < -0.3 is 10.2 Å². The van der Waals surface area contributed by atoms with Crippen LogP contribution < -0.4 is 10.2 Å². The number of hydrogen-bond acceptors (Lipinski definition) is 6. The van der Waals surface area contributed by atoms with Gasteiger partial charge in [0.2, 0.25) is 5.91 Å². The number of nitrogens with zero attached hydrogens (tertiary/aromatic N) is 4. The lowest BCUT2D eigenvalue weighted by Gasteiger charge is -2.37. The Labute approximate surface area is 165 Å².